The topological polar surface area (TPSA) is 15.3 Å². The van der Waals surface area contributed by atoms with Gasteiger partial charge < -0.3 is 5.32 Å². The highest BCUT2D eigenvalue weighted by molar-refractivity contribution is 5.13. The van der Waals surface area contributed by atoms with Crippen LogP contribution in [0, 0.1) is 5.92 Å². The molecule has 0 spiro atoms. The van der Waals surface area contributed by atoms with Crippen molar-refractivity contribution in [1.29, 1.82) is 0 Å². The van der Waals surface area contributed by atoms with Crippen LogP contribution in [0.15, 0.2) is 11.6 Å². The molecule has 0 aromatic rings. The minimum absolute atomic E-state index is 0.124. The predicted octanol–water partition coefficient (Wildman–Crippen LogP) is 3.60. The molecule has 1 aliphatic heterocycles. The minimum atomic E-state index is -4.14. The monoisotopic (exact) mass is 292 g/mol. The molecule has 0 amide bonds. The lowest BCUT2D eigenvalue weighted by Gasteiger charge is -2.32. The number of hydrogen-bond donors (Lipinski definition) is 1. The van der Waals surface area contributed by atoms with E-state index in [1.54, 1.807) is 0 Å². The summed E-state index contributed by atoms with van der Waals surface area (Å²) in [5.74, 6) is 0.653. The zero-order valence-electron chi connectivity index (χ0n) is 12.8. The summed E-state index contributed by atoms with van der Waals surface area (Å²) in [6, 6.07) is 0.349. The van der Waals surface area contributed by atoms with E-state index in [9.17, 15) is 13.2 Å². The predicted molar refractivity (Wildman–Crippen MR) is 76.7 cm³/mol. The molecule has 0 bridgehead atoms. The van der Waals surface area contributed by atoms with Crippen LogP contribution >= 0.6 is 0 Å². The lowest BCUT2D eigenvalue weighted by atomic mass is 10.0. The Labute approximate surface area is 120 Å². The van der Waals surface area contributed by atoms with Gasteiger partial charge in [0.2, 0.25) is 0 Å². The Morgan fingerprint density at radius 2 is 2.00 bits per heavy atom. The maximum absolute atomic E-state index is 12.5. The smallest absolute Gasteiger partial charge is 0.316 e. The number of nitrogens with one attached hydrogen (secondary N) is 1. The van der Waals surface area contributed by atoms with E-state index < -0.39 is 6.18 Å². The molecule has 0 aromatic heterocycles. The normalized spacial score (nSPS) is 19.2. The van der Waals surface area contributed by atoms with Crippen LogP contribution in [0.3, 0.4) is 0 Å². The summed E-state index contributed by atoms with van der Waals surface area (Å²) in [4.78, 5) is 2.14. The van der Waals surface area contributed by atoms with Crippen molar-refractivity contribution in [2.75, 3.05) is 26.2 Å². The van der Waals surface area contributed by atoms with Crippen LogP contribution in [0.1, 0.15) is 40.0 Å². The Kier molecular flexibility index (Phi) is 7.03. The van der Waals surface area contributed by atoms with Gasteiger partial charge in [-0.15, -0.1) is 0 Å². The van der Waals surface area contributed by atoms with Crippen molar-refractivity contribution in [2.45, 2.75) is 52.3 Å². The molecule has 1 N–H and O–H groups in total. The molecule has 5 heteroatoms. The van der Waals surface area contributed by atoms with Crippen molar-refractivity contribution in [3.63, 3.8) is 0 Å². The first-order valence-corrected chi connectivity index (χ1v) is 7.51. The fourth-order valence-corrected chi connectivity index (χ4v) is 2.44. The van der Waals surface area contributed by atoms with Crippen LogP contribution in [-0.4, -0.2) is 43.3 Å². The average molecular weight is 292 g/mol. The third kappa shape index (κ3) is 6.27. The van der Waals surface area contributed by atoms with Gasteiger partial charge in [0.1, 0.15) is 0 Å². The molecule has 1 heterocycles. The highest BCUT2D eigenvalue weighted by Gasteiger charge is 2.35. The molecule has 118 valence electrons. The molecule has 1 unspecified atom stereocenters. The highest BCUT2D eigenvalue weighted by Crippen LogP contribution is 2.30. The van der Waals surface area contributed by atoms with Crippen molar-refractivity contribution < 1.29 is 13.2 Å². The molecule has 1 rings (SSSR count). The van der Waals surface area contributed by atoms with Crippen LogP contribution in [0.5, 0.6) is 0 Å². The molecule has 20 heavy (non-hydrogen) atoms. The SMILES string of the molecule is CC(C)CNCCCC(C)N1CC=C(C(F)(F)F)CC1. The van der Waals surface area contributed by atoms with E-state index in [2.05, 4.69) is 31.0 Å². The number of nitrogens with zero attached hydrogens (tertiary/aromatic N) is 1. The summed E-state index contributed by atoms with van der Waals surface area (Å²) in [5.41, 5.74) is -0.362. The Bertz CT molecular complexity index is 311. The maximum atomic E-state index is 12.5. The van der Waals surface area contributed by atoms with E-state index in [-0.39, 0.29) is 12.0 Å². The van der Waals surface area contributed by atoms with Gasteiger partial charge in [-0.3, -0.25) is 4.90 Å². The number of hydrogen-bond acceptors (Lipinski definition) is 2. The van der Waals surface area contributed by atoms with Gasteiger partial charge in [-0.1, -0.05) is 19.9 Å². The van der Waals surface area contributed by atoms with Gasteiger partial charge in [0.25, 0.3) is 0 Å². The Morgan fingerprint density at radius 3 is 2.50 bits per heavy atom. The Balaban J connectivity index is 2.22. The summed E-state index contributed by atoms with van der Waals surface area (Å²) < 4.78 is 37.6. The first-order chi connectivity index (χ1) is 9.30. The Morgan fingerprint density at radius 1 is 1.30 bits per heavy atom. The van der Waals surface area contributed by atoms with Crippen LogP contribution in [-0.2, 0) is 0 Å². The van der Waals surface area contributed by atoms with E-state index in [1.807, 2.05) is 0 Å². The van der Waals surface area contributed by atoms with Crippen LogP contribution in [0.4, 0.5) is 13.2 Å². The summed E-state index contributed by atoms with van der Waals surface area (Å²) in [6.45, 7) is 9.41. The summed E-state index contributed by atoms with van der Waals surface area (Å²) in [6.07, 6.45) is -0.576. The molecule has 1 aliphatic rings. The van der Waals surface area contributed by atoms with Crippen molar-refractivity contribution in [3.05, 3.63) is 11.6 Å². The first kappa shape index (κ1) is 17.5. The fraction of sp³-hybridized carbons (Fsp3) is 0.867. The van der Waals surface area contributed by atoms with Gasteiger partial charge in [-0.25, -0.2) is 0 Å². The van der Waals surface area contributed by atoms with Gasteiger partial charge >= 0.3 is 6.18 Å². The summed E-state index contributed by atoms with van der Waals surface area (Å²) in [7, 11) is 0. The third-order valence-corrected chi connectivity index (χ3v) is 3.76. The van der Waals surface area contributed by atoms with E-state index in [1.165, 1.54) is 6.08 Å². The zero-order chi connectivity index (χ0) is 15.2. The molecular formula is C15H27F3N2. The van der Waals surface area contributed by atoms with Crippen molar-refractivity contribution in [3.8, 4) is 0 Å². The zero-order valence-corrected chi connectivity index (χ0v) is 12.8. The van der Waals surface area contributed by atoms with Crippen molar-refractivity contribution >= 4 is 0 Å². The highest BCUT2D eigenvalue weighted by atomic mass is 19.4. The molecular weight excluding hydrogens is 265 g/mol. The molecule has 0 saturated carbocycles. The van der Waals surface area contributed by atoms with Gasteiger partial charge in [-0.05, 0) is 45.2 Å². The van der Waals surface area contributed by atoms with Crippen LogP contribution in [0.2, 0.25) is 0 Å². The van der Waals surface area contributed by atoms with Crippen molar-refractivity contribution in [2.24, 2.45) is 5.92 Å². The number of rotatable bonds is 7. The molecule has 0 fully saturated rings. The minimum Gasteiger partial charge on any atom is -0.316 e. The van der Waals surface area contributed by atoms with Gasteiger partial charge in [-0.2, -0.15) is 13.2 Å². The van der Waals surface area contributed by atoms with Gasteiger partial charge in [0, 0.05) is 24.7 Å². The second-order valence-electron chi connectivity index (χ2n) is 6.06. The molecule has 1 atom stereocenters. The van der Waals surface area contributed by atoms with E-state index in [4.69, 9.17) is 0 Å². The lowest BCUT2D eigenvalue weighted by molar-refractivity contribution is -0.0963. The second-order valence-corrected chi connectivity index (χ2v) is 6.06. The molecule has 0 radical (unpaired) electrons. The number of halogens is 3. The van der Waals surface area contributed by atoms with E-state index >= 15 is 0 Å². The van der Waals surface area contributed by atoms with Crippen LogP contribution < -0.4 is 5.32 Å². The Hall–Kier alpha value is -0.550. The van der Waals surface area contributed by atoms with Gasteiger partial charge in [0.05, 0.1) is 0 Å². The molecule has 0 saturated heterocycles. The largest absolute Gasteiger partial charge is 0.412 e. The fourth-order valence-electron chi connectivity index (χ4n) is 2.44. The number of alkyl halides is 3. The third-order valence-electron chi connectivity index (χ3n) is 3.76. The molecule has 0 aliphatic carbocycles. The van der Waals surface area contributed by atoms with E-state index in [0.29, 0.717) is 25.0 Å². The van der Waals surface area contributed by atoms with Gasteiger partial charge in [0.15, 0.2) is 0 Å². The second kappa shape index (κ2) is 8.03. The van der Waals surface area contributed by atoms with E-state index in [0.717, 1.165) is 25.9 Å². The summed E-state index contributed by atoms with van der Waals surface area (Å²) in [5, 5.41) is 3.39. The molecule has 2 nitrogen and oxygen atoms in total. The first-order valence-electron chi connectivity index (χ1n) is 7.51. The van der Waals surface area contributed by atoms with Crippen LogP contribution in [0.25, 0.3) is 0 Å². The quantitative estimate of drug-likeness (QED) is 0.570. The average Bonchev–Trinajstić information content (AvgIpc) is 2.37. The lowest BCUT2D eigenvalue weighted by Crippen LogP contribution is -2.38. The van der Waals surface area contributed by atoms with Crippen molar-refractivity contribution in [1.82, 2.24) is 10.2 Å². The molecule has 0 aromatic carbocycles. The summed E-state index contributed by atoms with van der Waals surface area (Å²) >= 11 is 0. The standard InChI is InChI=1S/C15H27F3N2/c1-12(2)11-19-8-4-5-13(3)20-9-6-14(7-10-20)15(16,17)18/h6,12-13,19H,4-5,7-11H2,1-3H3. The maximum Gasteiger partial charge on any atom is 0.412 e.